The Bertz CT molecular complexity index is 810. The number of nitrogens with one attached hydrogen (secondary N) is 2. The first-order valence-corrected chi connectivity index (χ1v) is 10.1. The Morgan fingerprint density at radius 1 is 0.931 bits per heavy atom. The molecule has 0 aromatic heterocycles. The topological polar surface area (TPSA) is 67.4 Å². The van der Waals surface area contributed by atoms with Crippen LogP contribution >= 0.6 is 0 Å². The van der Waals surface area contributed by atoms with Crippen LogP contribution in [-0.2, 0) is 16.2 Å². The van der Waals surface area contributed by atoms with Crippen molar-refractivity contribution in [1.29, 1.82) is 0 Å². The van der Waals surface area contributed by atoms with Gasteiger partial charge in [-0.05, 0) is 55.5 Å². The highest BCUT2D eigenvalue weighted by atomic mass is 16.5. The van der Waals surface area contributed by atoms with E-state index in [2.05, 4.69) is 17.2 Å². The van der Waals surface area contributed by atoms with Crippen LogP contribution in [0.5, 0.6) is 5.75 Å². The summed E-state index contributed by atoms with van der Waals surface area (Å²) in [5.74, 6) is 0.799. The average molecular weight is 392 g/mol. The first kappa shape index (κ1) is 20.6. The van der Waals surface area contributed by atoms with Crippen molar-refractivity contribution >= 4 is 17.5 Å². The molecule has 2 aromatic carbocycles. The summed E-state index contributed by atoms with van der Waals surface area (Å²) >= 11 is 0. The molecule has 0 bridgehead atoms. The zero-order valence-corrected chi connectivity index (χ0v) is 16.6. The molecule has 2 N–H and O–H groups in total. The number of amides is 2. The lowest BCUT2D eigenvalue weighted by atomic mass is 9.81. The van der Waals surface area contributed by atoms with Gasteiger partial charge in [0.25, 0.3) is 0 Å². The van der Waals surface area contributed by atoms with Crippen LogP contribution in [0.25, 0.3) is 0 Å². The Hall–Kier alpha value is -3.08. The van der Waals surface area contributed by atoms with E-state index >= 15 is 0 Å². The molecular formula is C24H28N2O3. The molecule has 5 heteroatoms. The number of ether oxygens (including phenoxy) is 1. The second-order valence-corrected chi connectivity index (χ2v) is 7.37. The van der Waals surface area contributed by atoms with Crippen molar-refractivity contribution in [1.82, 2.24) is 5.32 Å². The van der Waals surface area contributed by atoms with Crippen LogP contribution in [-0.4, -0.2) is 18.4 Å². The van der Waals surface area contributed by atoms with Gasteiger partial charge in [-0.1, -0.05) is 36.4 Å². The van der Waals surface area contributed by atoms with Crippen molar-refractivity contribution in [3.05, 3.63) is 72.8 Å². The summed E-state index contributed by atoms with van der Waals surface area (Å²) in [6.45, 7) is 4.61. The Morgan fingerprint density at radius 2 is 1.55 bits per heavy atom. The second kappa shape index (κ2) is 10.5. The normalized spacial score (nSPS) is 18.5. The van der Waals surface area contributed by atoms with Gasteiger partial charge >= 0.3 is 0 Å². The minimum Gasteiger partial charge on any atom is -0.489 e. The largest absolute Gasteiger partial charge is 0.489 e. The minimum atomic E-state index is -0.0486. The van der Waals surface area contributed by atoms with Crippen molar-refractivity contribution in [2.24, 2.45) is 11.8 Å². The number of hydrogen-bond donors (Lipinski definition) is 2. The maximum Gasteiger partial charge on any atom is 0.227 e. The van der Waals surface area contributed by atoms with E-state index in [1.165, 1.54) is 0 Å². The highest BCUT2D eigenvalue weighted by Crippen LogP contribution is 2.30. The van der Waals surface area contributed by atoms with Crippen LogP contribution in [0, 0.1) is 11.8 Å². The van der Waals surface area contributed by atoms with Crippen LogP contribution in [0.2, 0.25) is 0 Å². The van der Waals surface area contributed by atoms with E-state index in [1.54, 1.807) is 6.08 Å². The fraction of sp³-hybridized carbons (Fsp3) is 0.333. The molecule has 3 rings (SSSR count). The summed E-state index contributed by atoms with van der Waals surface area (Å²) in [7, 11) is 0. The highest BCUT2D eigenvalue weighted by molar-refractivity contribution is 5.92. The Balaban J connectivity index is 1.43. The summed E-state index contributed by atoms with van der Waals surface area (Å²) in [5, 5.41) is 5.83. The number of hydrogen-bond acceptors (Lipinski definition) is 3. The van der Waals surface area contributed by atoms with Gasteiger partial charge in [-0.2, -0.15) is 0 Å². The summed E-state index contributed by atoms with van der Waals surface area (Å²) in [6.07, 6.45) is 4.63. The quantitative estimate of drug-likeness (QED) is 0.658. The number of anilines is 1. The molecule has 2 amide bonds. The number of carbonyl (C=O) groups is 2. The number of carbonyl (C=O) groups excluding carboxylic acids is 2. The maximum absolute atomic E-state index is 12.6. The van der Waals surface area contributed by atoms with E-state index in [9.17, 15) is 9.59 Å². The molecule has 2 aromatic rings. The van der Waals surface area contributed by atoms with Gasteiger partial charge in [0.2, 0.25) is 11.8 Å². The smallest absolute Gasteiger partial charge is 0.227 e. The fourth-order valence-corrected chi connectivity index (χ4v) is 3.55. The van der Waals surface area contributed by atoms with Gasteiger partial charge in [0.05, 0.1) is 0 Å². The summed E-state index contributed by atoms with van der Waals surface area (Å²) in [5.41, 5.74) is 1.87. The molecule has 1 saturated carbocycles. The van der Waals surface area contributed by atoms with Crippen molar-refractivity contribution < 1.29 is 14.3 Å². The first-order valence-electron chi connectivity index (χ1n) is 10.1. The average Bonchev–Trinajstić information content (AvgIpc) is 2.77. The Labute approximate surface area is 172 Å². The lowest BCUT2D eigenvalue weighted by Gasteiger charge is -2.27. The molecule has 0 aliphatic heterocycles. The predicted octanol–water partition coefficient (Wildman–Crippen LogP) is 4.31. The van der Waals surface area contributed by atoms with Gasteiger partial charge in [0.1, 0.15) is 12.4 Å². The predicted molar refractivity (Wildman–Crippen MR) is 115 cm³/mol. The SMILES string of the molecule is C=CCNC(=O)C1CCC(C(=O)Nc2ccc(OCc3ccccc3)cc2)CC1. The molecule has 0 atom stereocenters. The molecule has 1 aliphatic rings. The minimum absolute atomic E-state index is 0.0000434. The molecular weight excluding hydrogens is 364 g/mol. The Kier molecular flexibility index (Phi) is 7.45. The highest BCUT2D eigenvalue weighted by Gasteiger charge is 2.29. The van der Waals surface area contributed by atoms with E-state index in [0.717, 1.165) is 42.7 Å². The molecule has 152 valence electrons. The van der Waals surface area contributed by atoms with Gasteiger partial charge in [0, 0.05) is 24.1 Å². The van der Waals surface area contributed by atoms with Gasteiger partial charge in [-0.15, -0.1) is 6.58 Å². The van der Waals surface area contributed by atoms with E-state index in [0.29, 0.717) is 13.2 Å². The first-order chi connectivity index (χ1) is 14.2. The van der Waals surface area contributed by atoms with Crippen LogP contribution in [0.1, 0.15) is 31.2 Å². The molecule has 1 aliphatic carbocycles. The van der Waals surface area contributed by atoms with Crippen LogP contribution in [0.15, 0.2) is 67.3 Å². The van der Waals surface area contributed by atoms with Crippen molar-refractivity contribution in [2.45, 2.75) is 32.3 Å². The molecule has 0 saturated heterocycles. The summed E-state index contributed by atoms with van der Waals surface area (Å²) in [4.78, 5) is 24.6. The van der Waals surface area contributed by atoms with E-state index in [-0.39, 0.29) is 23.7 Å². The zero-order valence-electron chi connectivity index (χ0n) is 16.6. The third-order valence-electron chi connectivity index (χ3n) is 5.26. The van der Waals surface area contributed by atoms with Gasteiger partial charge in [-0.25, -0.2) is 0 Å². The molecule has 0 spiro atoms. The van der Waals surface area contributed by atoms with E-state index < -0.39 is 0 Å². The van der Waals surface area contributed by atoms with Crippen molar-refractivity contribution in [2.75, 3.05) is 11.9 Å². The van der Waals surface area contributed by atoms with Gasteiger partial charge < -0.3 is 15.4 Å². The molecule has 0 heterocycles. The van der Waals surface area contributed by atoms with Crippen LogP contribution in [0.4, 0.5) is 5.69 Å². The molecule has 5 nitrogen and oxygen atoms in total. The van der Waals surface area contributed by atoms with Gasteiger partial charge in [-0.3, -0.25) is 9.59 Å². The Morgan fingerprint density at radius 3 is 2.17 bits per heavy atom. The zero-order chi connectivity index (χ0) is 20.5. The monoisotopic (exact) mass is 392 g/mol. The van der Waals surface area contributed by atoms with Crippen molar-refractivity contribution in [3.63, 3.8) is 0 Å². The third kappa shape index (κ3) is 6.21. The molecule has 0 unspecified atom stereocenters. The number of benzene rings is 2. The molecule has 29 heavy (non-hydrogen) atoms. The van der Waals surface area contributed by atoms with E-state index in [1.807, 2.05) is 54.6 Å². The standard InChI is InChI=1S/C24H28N2O3/c1-2-16-25-23(27)19-8-10-20(11-9-19)24(28)26-21-12-14-22(15-13-21)29-17-18-6-4-3-5-7-18/h2-7,12-15,19-20H,1,8-11,16-17H2,(H,25,27)(H,26,28). The fourth-order valence-electron chi connectivity index (χ4n) is 3.55. The third-order valence-corrected chi connectivity index (χ3v) is 5.26. The van der Waals surface area contributed by atoms with Crippen LogP contribution in [0.3, 0.4) is 0 Å². The lowest BCUT2D eigenvalue weighted by Crippen LogP contribution is -2.35. The number of rotatable bonds is 8. The summed E-state index contributed by atoms with van der Waals surface area (Å²) < 4.78 is 5.77. The molecule has 1 fully saturated rings. The lowest BCUT2D eigenvalue weighted by molar-refractivity contribution is -0.128. The second-order valence-electron chi connectivity index (χ2n) is 7.37. The summed E-state index contributed by atoms with van der Waals surface area (Å²) in [6, 6.07) is 17.4. The van der Waals surface area contributed by atoms with E-state index in [4.69, 9.17) is 4.74 Å². The van der Waals surface area contributed by atoms with Gasteiger partial charge in [0.15, 0.2) is 0 Å². The molecule has 0 radical (unpaired) electrons. The van der Waals surface area contributed by atoms with Crippen molar-refractivity contribution in [3.8, 4) is 5.75 Å². The maximum atomic E-state index is 12.6. The van der Waals surface area contributed by atoms with Crippen LogP contribution < -0.4 is 15.4 Å².